The van der Waals surface area contributed by atoms with Gasteiger partial charge in [-0.3, -0.25) is 4.18 Å². The first-order chi connectivity index (χ1) is 9.04. The lowest BCUT2D eigenvalue weighted by atomic mass is 9.89. The van der Waals surface area contributed by atoms with Gasteiger partial charge in [0.1, 0.15) is 0 Å². The highest BCUT2D eigenvalue weighted by atomic mass is 32.2. The molecule has 2 bridgehead atoms. The SMILES string of the molecule is Cc1ccc(S(=O)(=O)O[C@H]2C[C@H]3CCC[C@H]2C3)cc1. The number of hydrogen-bond donors (Lipinski definition) is 0. The molecule has 3 rings (SSSR count). The molecule has 2 aliphatic rings. The molecular formula is C15H20O3S. The Kier molecular flexibility index (Phi) is 3.39. The number of aryl methyl sites for hydroxylation is 1. The summed E-state index contributed by atoms with van der Waals surface area (Å²) in [5.41, 5.74) is 1.05. The van der Waals surface area contributed by atoms with Crippen LogP contribution >= 0.6 is 0 Å². The Bertz CT molecular complexity index is 547. The van der Waals surface area contributed by atoms with Gasteiger partial charge in [-0.2, -0.15) is 8.42 Å². The quantitative estimate of drug-likeness (QED) is 0.798. The molecule has 0 heterocycles. The molecule has 0 radical (unpaired) electrons. The van der Waals surface area contributed by atoms with Crippen LogP contribution in [0.3, 0.4) is 0 Å². The summed E-state index contributed by atoms with van der Waals surface area (Å²) in [6, 6.07) is 6.88. The topological polar surface area (TPSA) is 43.4 Å². The van der Waals surface area contributed by atoms with E-state index in [1.165, 1.54) is 12.8 Å². The zero-order valence-corrected chi connectivity index (χ0v) is 12.0. The van der Waals surface area contributed by atoms with Crippen molar-refractivity contribution in [2.45, 2.75) is 50.0 Å². The minimum Gasteiger partial charge on any atom is -0.263 e. The van der Waals surface area contributed by atoms with Crippen LogP contribution in [0.5, 0.6) is 0 Å². The van der Waals surface area contributed by atoms with Crippen LogP contribution in [0.25, 0.3) is 0 Å². The van der Waals surface area contributed by atoms with E-state index in [0.29, 0.717) is 11.8 Å². The van der Waals surface area contributed by atoms with Crippen molar-refractivity contribution in [3.05, 3.63) is 29.8 Å². The molecule has 0 saturated heterocycles. The maximum atomic E-state index is 12.3. The number of benzene rings is 1. The highest BCUT2D eigenvalue weighted by Gasteiger charge is 2.40. The van der Waals surface area contributed by atoms with Crippen LogP contribution in [0.15, 0.2) is 29.2 Å². The van der Waals surface area contributed by atoms with E-state index in [4.69, 9.17) is 4.18 Å². The Hall–Kier alpha value is -0.870. The average Bonchev–Trinajstić information content (AvgIpc) is 2.64. The van der Waals surface area contributed by atoms with Crippen LogP contribution in [0, 0.1) is 18.8 Å². The molecule has 3 nitrogen and oxygen atoms in total. The average molecular weight is 280 g/mol. The summed E-state index contributed by atoms with van der Waals surface area (Å²) >= 11 is 0. The lowest BCUT2D eigenvalue weighted by Gasteiger charge is -2.20. The summed E-state index contributed by atoms with van der Waals surface area (Å²) in [4.78, 5) is 0.277. The molecule has 0 N–H and O–H groups in total. The lowest BCUT2D eigenvalue weighted by molar-refractivity contribution is 0.162. The molecule has 0 spiro atoms. The van der Waals surface area contributed by atoms with E-state index in [2.05, 4.69) is 0 Å². The molecule has 19 heavy (non-hydrogen) atoms. The first-order valence-corrected chi connectivity index (χ1v) is 8.45. The normalized spacial score (nSPS) is 30.5. The molecule has 2 saturated carbocycles. The predicted octanol–water partition coefficient (Wildman–Crippen LogP) is 3.28. The monoisotopic (exact) mass is 280 g/mol. The van der Waals surface area contributed by atoms with Crippen molar-refractivity contribution in [1.82, 2.24) is 0 Å². The van der Waals surface area contributed by atoms with E-state index in [9.17, 15) is 8.42 Å². The van der Waals surface area contributed by atoms with E-state index < -0.39 is 10.1 Å². The second-order valence-corrected chi connectivity index (χ2v) is 7.50. The van der Waals surface area contributed by atoms with Crippen molar-refractivity contribution < 1.29 is 12.6 Å². The first kappa shape index (κ1) is 13.1. The van der Waals surface area contributed by atoms with Crippen LogP contribution in [0.4, 0.5) is 0 Å². The van der Waals surface area contributed by atoms with Crippen LogP contribution in [-0.4, -0.2) is 14.5 Å². The highest BCUT2D eigenvalue weighted by molar-refractivity contribution is 7.86. The van der Waals surface area contributed by atoms with Gasteiger partial charge in [-0.05, 0) is 50.2 Å². The van der Waals surface area contributed by atoms with Gasteiger partial charge in [-0.1, -0.05) is 30.5 Å². The molecule has 0 aliphatic heterocycles. The molecule has 2 aliphatic carbocycles. The molecule has 1 aromatic carbocycles. The molecule has 104 valence electrons. The molecular weight excluding hydrogens is 260 g/mol. The number of rotatable bonds is 3. The standard InChI is InChI=1S/C15H20O3S/c1-11-5-7-14(8-6-11)19(16,17)18-15-10-12-3-2-4-13(15)9-12/h5-8,12-13,15H,2-4,9-10H2,1H3/t12-,13-,15-/m0/s1. The zero-order valence-electron chi connectivity index (χ0n) is 11.2. The summed E-state index contributed by atoms with van der Waals surface area (Å²) in [6.45, 7) is 1.94. The van der Waals surface area contributed by atoms with Crippen molar-refractivity contribution in [3.63, 3.8) is 0 Å². The van der Waals surface area contributed by atoms with Crippen LogP contribution < -0.4 is 0 Å². The zero-order chi connectivity index (χ0) is 13.5. The fourth-order valence-corrected chi connectivity index (χ4v) is 4.59. The van der Waals surface area contributed by atoms with Crippen molar-refractivity contribution in [2.75, 3.05) is 0 Å². The Morgan fingerprint density at radius 2 is 1.84 bits per heavy atom. The Morgan fingerprint density at radius 1 is 1.11 bits per heavy atom. The summed E-state index contributed by atoms with van der Waals surface area (Å²) < 4.78 is 30.0. The van der Waals surface area contributed by atoms with E-state index in [0.717, 1.165) is 24.8 Å². The highest BCUT2D eigenvalue weighted by Crippen LogP contribution is 2.44. The molecule has 2 fully saturated rings. The van der Waals surface area contributed by atoms with E-state index in [-0.39, 0.29) is 11.0 Å². The predicted molar refractivity (Wildman–Crippen MR) is 73.3 cm³/mol. The Morgan fingerprint density at radius 3 is 2.53 bits per heavy atom. The number of hydrogen-bond acceptors (Lipinski definition) is 3. The molecule has 1 aromatic rings. The Labute approximate surface area is 115 Å². The van der Waals surface area contributed by atoms with Crippen LogP contribution in [0.1, 0.15) is 37.7 Å². The van der Waals surface area contributed by atoms with Gasteiger partial charge in [0.15, 0.2) is 0 Å². The Balaban J connectivity index is 1.77. The van der Waals surface area contributed by atoms with Crippen molar-refractivity contribution >= 4 is 10.1 Å². The third kappa shape index (κ3) is 2.70. The largest absolute Gasteiger partial charge is 0.297 e. The van der Waals surface area contributed by atoms with E-state index in [1.807, 2.05) is 19.1 Å². The third-order valence-corrected chi connectivity index (χ3v) is 5.82. The minimum absolute atomic E-state index is 0.0983. The lowest BCUT2D eigenvalue weighted by Crippen LogP contribution is -2.22. The smallest absolute Gasteiger partial charge is 0.263 e. The van der Waals surface area contributed by atoms with Crippen molar-refractivity contribution in [2.24, 2.45) is 11.8 Å². The summed E-state index contributed by atoms with van der Waals surface area (Å²) in [5.74, 6) is 1.12. The molecule has 0 aromatic heterocycles. The molecule has 4 heteroatoms. The van der Waals surface area contributed by atoms with Gasteiger partial charge in [-0.25, -0.2) is 0 Å². The van der Waals surface area contributed by atoms with Crippen LogP contribution in [0.2, 0.25) is 0 Å². The summed E-state index contributed by atoms with van der Waals surface area (Å²) in [6.07, 6.45) is 5.54. The van der Waals surface area contributed by atoms with Crippen molar-refractivity contribution in [1.29, 1.82) is 0 Å². The summed E-state index contributed by atoms with van der Waals surface area (Å²) in [7, 11) is -3.60. The fraction of sp³-hybridized carbons (Fsp3) is 0.600. The fourth-order valence-electron chi connectivity index (χ4n) is 3.45. The van der Waals surface area contributed by atoms with Gasteiger partial charge < -0.3 is 0 Å². The van der Waals surface area contributed by atoms with E-state index in [1.54, 1.807) is 12.1 Å². The summed E-state index contributed by atoms with van der Waals surface area (Å²) in [5, 5.41) is 0. The molecule has 3 atom stereocenters. The van der Waals surface area contributed by atoms with Crippen molar-refractivity contribution in [3.8, 4) is 0 Å². The van der Waals surface area contributed by atoms with Gasteiger partial charge in [-0.15, -0.1) is 0 Å². The second-order valence-electron chi connectivity index (χ2n) is 5.93. The maximum Gasteiger partial charge on any atom is 0.297 e. The number of fused-ring (bicyclic) bond motifs is 2. The first-order valence-electron chi connectivity index (χ1n) is 7.04. The van der Waals surface area contributed by atoms with Crippen LogP contribution in [-0.2, 0) is 14.3 Å². The minimum atomic E-state index is -3.60. The van der Waals surface area contributed by atoms with Gasteiger partial charge in [0.25, 0.3) is 10.1 Å². The third-order valence-electron chi connectivity index (χ3n) is 4.47. The van der Waals surface area contributed by atoms with Gasteiger partial charge in [0, 0.05) is 0 Å². The second kappa shape index (κ2) is 4.91. The maximum absolute atomic E-state index is 12.3. The molecule has 0 amide bonds. The molecule has 0 unspecified atom stereocenters. The van der Waals surface area contributed by atoms with E-state index >= 15 is 0 Å². The van der Waals surface area contributed by atoms with Gasteiger partial charge in [0.05, 0.1) is 11.0 Å². The van der Waals surface area contributed by atoms with Gasteiger partial charge in [0.2, 0.25) is 0 Å². The van der Waals surface area contributed by atoms with Gasteiger partial charge >= 0.3 is 0 Å².